The van der Waals surface area contributed by atoms with Crippen LogP contribution in [0.4, 0.5) is 0 Å². The molecule has 2 aliphatic rings. The van der Waals surface area contributed by atoms with Crippen molar-refractivity contribution in [2.75, 3.05) is 13.1 Å². The molecule has 3 heterocycles. The minimum Gasteiger partial charge on any atom is -0.344 e. The van der Waals surface area contributed by atoms with Crippen molar-refractivity contribution in [3.63, 3.8) is 0 Å². The van der Waals surface area contributed by atoms with Crippen LogP contribution in [-0.4, -0.2) is 45.8 Å². The van der Waals surface area contributed by atoms with E-state index in [0.29, 0.717) is 25.9 Å². The monoisotopic (exact) mass is 284 g/mol. The van der Waals surface area contributed by atoms with E-state index in [1.807, 2.05) is 24.3 Å². The molecule has 2 fully saturated rings. The highest BCUT2D eigenvalue weighted by Gasteiger charge is 2.38. The Morgan fingerprint density at radius 1 is 1.29 bits per heavy atom. The summed E-state index contributed by atoms with van der Waals surface area (Å²) in [7, 11) is 0. The van der Waals surface area contributed by atoms with Crippen LogP contribution in [0.2, 0.25) is 0 Å². The van der Waals surface area contributed by atoms with Crippen molar-refractivity contribution >= 4 is 22.8 Å². The molecule has 0 bridgehead atoms. The molecule has 0 aliphatic carbocycles. The number of hydrogen-bond donors (Lipinski definition) is 2. The molecule has 2 aromatic rings. The summed E-state index contributed by atoms with van der Waals surface area (Å²) in [5, 5.41) is 2.73. The van der Waals surface area contributed by atoms with Gasteiger partial charge in [-0.15, -0.1) is 0 Å². The van der Waals surface area contributed by atoms with Crippen LogP contribution in [0.5, 0.6) is 0 Å². The number of nitrogens with zero attached hydrogens (tertiary/aromatic N) is 2. The van der Waals surface area contributed by atoms with Gasteiger partial charge in [0.25, 0.3) is 0 Å². The lowest BCUT2D eigenvalue weighted by atomic mass is 9.98. The van der Waals surface area contributed by atoms with Crippen LogP contribution < -0.4 is 5.32 Å². The van der Waals surface area contributed by atoms with Crippen molar-refractivity contribution in [1.82, 2.24) is 20.2 Å². The van der Waals surface area contributed by atoms with Crippen molar-refractivity contribution in [2.24, 2.45) is 0 Å². The van der Waals surface area contributed by atoms with Gasteiger partial charge in [-0.2, -0.15) is 0 Å². The minimum absolute atomic E-state index is 0.0253. The lowest BCUT2D eigenvalue weighted by Crippen LogP contribution is -2.54. The first-order valence-corrected chi connectivity index (χ1v) is 7.23. The number of fused-ring (bicyclic) bond motifs is 1. The summed E-state index contributed by atoms with van der Waals surface area (Å²) in [5.41, 5.74) is 1.99. The number of carbonyl (C=O) groups is 2. The number of rotatable bonds is 2. The first-order chi connectivity index (χ1) is 10.2. The Kier molecular flexibility index (Phi) is 2.70. The highest BCUT2D eigenvalue weighted by atomic mass is 16.2. The van der Waals surface area contributed by atoms with Crippen molar-refractivity contribution in [1.29, 1.82) is 0 Å². The quantitative estimate of drug-likeness (QED) is 0.855. The summed E-state index contributed by atoms with van der Waals surface area (Å²) in [6.45, 7) is 1.34. The van der Waals surface area contributed by atoms with E-state index in [-0.39, 0.29) is 23.8 Å². The van der Waals surface area contributed by atoms with E-state index in [0.717, 1.165) is 16.9 Å². The number of amides is 2. The standard InChI is InChI=1S/C15H16N4O2/c20-13-6-5-12(16-13)15(21)19-7-9(8-19)14-17-10-3-1-2-4-11(10)18-14/h1-4,9,12H,5-8H2,(H,16,20)(H,17,18). The zero-order valence-electron chi connectivity index (χ0n) is 11.5. The molecule has 21 heavy (non-hydrogen) atoms. The number of carbonyl (C=O) groups excluding carboxylic acids is 2. The van der Waals surface area contributed by atoms with Gasteiger partial charge in [0.15, 0.2) is 0 Å². The average molecular weight is 284 g/mol. The van der Waals surface area contributed by atoms with Gasteiger partial charge < -0.3 is 15.2 Å². The molecule has 2 N–H and O–H groups in total. The molecule has 6 heteroatoms. The van der Waals surface area contributed by atoms with Crippen LogP contribution >= 0.6 is 0 Å². The fourth-order valence-corrected chi connectivity index (χ4v) is 3.02. The van der Waals surface area contributed by atoms with Crippen LogP contribution in [0.1, 0.15) is 24.6 Å². The molecule has 1 aromatic heterocycles. The molecule has 0 radical (unpaired) electrons. The molecule has 6 nitrogen and oxygen atoms in total. The van der Waals surface area contributed by atoms with E-state index in [1.54, 1.807) is 4.90 Å². The van der Waals surface area contributed by atoms with Crippen molar-refractivity contribution < 1.29 is 9.59 Å². The van der Waals surface area contributed by atoms with Crippen molar-refractivity contribution in [3.8, 4) is 0 Å². The maximum atomic E-state index is 12.2. The normalized spacial score (nSPS) is 22.4. The zero-order valence-corrected chi connectivity index (χ0v) is 11.5. The van der Waals surface area contributed by atoms with Gasteiger partial charge in [0, 0.05) is 19.5 Å². The summed E-state index contributed by atoms with van der Waals surface area (Å²) in [4.78, 5) is 33.1. The molecule has 4 rings (SSSR count). The van der Waals surface area contributed by atoms with E-state index in [1.165, 1.54) is 0 Å². The maximum absolute atomic E-state index is 12.2. The Balaban J connectivity index is 1.42. The topological polar surface area (TPSA) is 78.1 Å². The van der Waals surface area contributed by atoms with Gasteiger partial charge in [-0.1, -0.05) is 12.1 Å². The van der Waals surface area contributed by atoms with Gasteiger partial charge in [0.1, 0.15) is 11.9 Å². The molecular formula is C15H16N4O2. The summed E-state index contributed by atoms with van der Waals surface area (Å²) in [5.74, 6) is 1.21. The molecule has 1 atom stereocenters. The number of para-hydroxylation sites is 2. The molecule has 2 amide bonds. The first-order valence-electron chi connectivity index (χ1n) is 7.23. The lowest BCUT2D eigenvalue weighted by molar-refractivity contribution is -0.138. The number of hydrogen-bond acceptors (Lipinski definition) is 3. The highest BCUT2D eigenvalue weighted by Crippen LogP contribution is 2.28. The number of imidazole rings is 1. The number of likely N-dealkylation sites (tertiary alicyclic amines) is 1. The van der Waals surface area contributed by atoms with E-state index in [4.69, 9.17) is 0 Å². The lowest BCUT2D eigenvalue weighted by Gasteiger charge is -2.39. The van der Waals surface area contributed by atoms with Gasteiger partial charge in [-0.05, 0) is 18.6 Å². The Morgan fingerprint density at radius 3 is 2.81 bits per heavy atom. The maximum Gasteiger partial charge on any atom is 0.245 e. The third kappa shape index (κ3) is 2.07. The van der Waals surface area contributed by atoms with E-state index in [9.17, 15) is 9.59 Å². The fourth-order valence-electron chi connectivity index (χ4n) is 3.02. The third-order valence-electron chi connectivity index (χ3n) is 4.28. The van der Waals surface area contributed by atoms with Crippen LogP contribution in [0.25, 0.3) is 11.0 Å². The summed E-state index contributed by atoms with van der Waals surface area (Å²) in [6, 6.07) is 7.59. The molecule has 108 valence electrons. The van der Waals surface area contributed by atoms with Crippen molar-refractivity contribution in [2.45, 2.75) is 24.8 Å². The molecule has 0 saturated carbocycles. The highest BCUT2D eigenvalue weighted by molar-refractivity contribution is 5.91. The number of H-pyrrole nitrogens is 1. The van der Waals surface area contributed by atoms with Gasteiger partial charge in [0.05, 0.1) is 17.0 Å². The van der Waals surface area contributed by atoms with Crippen LogP contribution in [0.3, 0.4) is 0 Å². The van der Waals surface area contributed by atoms with Crippen LogP contribution in [0.15, 0.2) is 24.3 Å². The Hall–Kier alpha value is -2.37. The number of aromatic amines is 1. The second-order valence-electron chi connectivity index (χ2n) is 5.74. The zero-order chi connectivity index (χ0) is 14.4. The summed E-state index contributed by atoms with van der Waals surface area (Å²) >= 11 is 0. The van der Waals surface area contributed by atoms with Crippen LogP contribution in [-0.2, 0) is 9.59 Å². The minimum atomic E-state index is -0.325. The second kappa shape index (κ2) is 4.58. The molecule has 2 aliphatic heterocycles. The SMILES string of the molecule is O=C1CCC(C(=O)N2CC(c3nc4ccccc4[nH]3)C2)N1. The third-order valence-corrected chi connectivity index (χ3v) is 4.28. The largest absolute Gasteiger partial charge is 0.344 e. The van der Waals surface area contributed by atoms with Crippen molar-refractivity contribution in [3.05, 3.63) is 30.1 Å². The number of aromatic nitrogens is 2. The van der Waals surface area contributed by atoms with Gasteiger partial charge in [-0.25, -0.2) is 4.98 Å². The average Bonchev–Trinajstić information content (AvgIpc) is 3.02. The van der Waals surface area contributed by atoms with Crippen LogP contribution in [0, 0.1) is 0 Å². The Morgan fingerprint density at radius 2 is 2.10 bits per heavy atom. The Bertz CT molecular complexity index is 684. The predicted octanol–water partition coefficient (Wildman–Crippen LogP) is 0.767. The van der Waals surface area contributed by atoms with E-state index >= 15 is 0 Å². The fraction of sp³-hybridized carbons (Fsp3) is 0.400. The molecule has 1 unspecified atom stereocenters. The number of nitrogens with one attached hydrogen (secondary N) is 2. The van der Waals surface area contributed by atoms with Gasteiger partial charge in [-0.3, -0.25) is 9.59 Å². The first kappa shape index (κ1) is 12.4. The second-order valence-corrected chi connectivity index (χ2v) is 5.74. The number of benzene rings is 1. The molecule has 1 aromatic carbocycles. The van der Waals surface area contributed by atoms with E-state index < -0.39 is 0 Å². The molecule has 0 spiro atoms. The summed E-state index contributed by atoms with van der Waals surface area (Å²) in [6.07, 6.45) is 1.07. The van der Waals surface area contributed by atoms with Gasteiger partial charge >= 0.3 is 0 Å². The smallest absolute Gasteiger partial charge is 0.245 e. The van der Waals surface area contributed by atoms with E-state index in [2.05, 4.69) is 15.3 Å². The molecular weight excluding hydrogens is 268 g/mol. The predicted molar refractivity (Wildman–Crippen MR) is 76.6 cm³/mol. The Labute approximate surface area is 121 Å². The molecule has 2 saturated heterocycles. The summed E-state index contributed by atoms with van der Waals surface area (Å²) < 4.78 is 0. The van der Waals surface area contributed by atoms with Gasteiger partial charge in [0.2, 0.25) is 11.8 Å².